The minimum absolute atomic E-state index is 0.0285. The van der Waals surface area contributed by atoms with E-state index in [4.69, 9.17) is 9.15 Å². The monoisotopic (exact) mass is 451 g/mol. The summed E-state index contributed by atoms with van der Waals surface area (Å²) in [6, 6.07) is 12.4. The quantitative estimate of drug-likeness (QED) is 0.460. The molecule has 0 aliphatic carbocycles. The fourth-order valence-corrected chi connectivity index (χ4v) is 4.52. The maximum Gasteiger partial charge on any atom is 0.266 e. The van der Waals surface area contributed by atoms with Crippen molar-refractivity contribution in [2.45, 2.75) is 6.54 Å². The number of hydrogen-bond acceptors (Lipinski definition) is 8. The molecule has 10 heteroatoms. The number of furan rings is 1. The van der Waals surface area contributed by atoms with Gasteiger partial charge in [-0.3, -0.25) is 9.59 Å². The van der Waals surface area contributed by atoms with Crippen LogP contribution in [0.2, 0.25) is 0 Å². The smallest absolute Gasteiger partial charge is 0.266 e. The number of fused-ring (bicyclic) bond motifs is 1. The third kappa shape index (κ3) is 3.96. The Morgan fingerprint density at radius 3 is 2.94 bits per heavy atom. The molecule has 1 aliphatic rings. The van der Waals surface area contributed by atoms with Gasteiger partial charge in [-0.25, -0.2) is 9.67 Å². The maximum atomic E-state index is 12.5. The number of aromatic nitrogens is 3. The van der Waals surface area contributed by atoms with Crippen molar-refractivity contribution < 1.29 is 13.9 Å². The zero-order chi connectivity index (χ0) is 22.1. The van der Waals surface area contributed by atoms with Gasteiger partial charge in [0.15, 0.2) is 10.9 Å². The Bertz CT molecular complexity index is 1310. The number of nitrogens with one attached hydrogen (secondary N) is 1. The standard InChI is InChI=1S/C22H21N5O4S/c1-30-15-4-6-19-17(11-15)24-22(32-19)26-12-14(13-26)21(29)23-8-9-27-20(28)7-5-16(25-27)18-3-2-10-31-18/h2-7,10-11,14H,8-9,12-13H2,1H3,(H,23,29). The molecule has 4 aromatic rings. The zero-order valence-electron chi connectivity index (χ0n) is 17.4. The van der Waals surface area contributed by atoms with Crippen molar-refractivity contribution in [2.75, 3.05) is 31.6 Å². The number of ether oxygens (including phenoxy) is 1. The number of hydrogen-bond donors (Lipinski definition) is 1. The number of methoxy groups -OCH3 is 1. The van der Waals surface area contributed by atoms with Crippen LogP contribution in [-0.2, 0) is 11.3 Å². The number of thiazole rings is 1. The van der Waals surface area contributed by atoms with Crippen molar-refractivity contribution in [3.63, 3.8) is 0 Å². The number of amides is 1. The molecule has 0 bridgehead atoms. The van der Waals surface area contributed by atoms with E-state index >= 15 is 0 Å². The highest BCUT2D eigenvalue weighted by Gasteiger charge is 2.34. The summed E-state index contributed by atoms with van der Waals surface area (Å²) in [5, 5.41) is 8.12. The minimum Gasteiger partial charge on any atom is -0.497 e. The first kappa shape index (κ1) is 20.3. The van der Waals surface area contributed by atoms with Crippen LogP contribution in [0.3, 0.4) is 0 Å². The summed E-state index contributed by atoms with van der Waals surface area (Å²) in [4.78, 5) is 31.3. The van der Waals surface area contributed by atoms with Crippen molar-refractivity contribution in [1.29, 1.82) is 0 Å². The molecule has 9 nitrogen and oxygen atoms in total. The van der Waals surface area contributed by atoms with E-state index in [-0.39, 0.29) is 23.9 Å². The molecule has 0 saturated carbocycles. The van der Waals surface area contributed by atoms with Gasteiger partial charge in [-0.2, -0.15) is 5.10 Å². The van der Waals surface area contributed by atoms with Gasteiger partial charge in [0, 0.05) is 31.8 Å². The lowest BCUT2D eigenvalue weighted by Crippen LogP contribution is -2.54. The SMILES string of the molecule is COc1ccc2sc(N3CC(C(=O)NCCn4nc(-c5ccco5)ccc4=O)C3)nc2c1. The van der Waals surface area contributed by atoms with Crippen molar-refractivity contribution in [1.82, 2.24) is 20.1 Å². The van der Waals surface area contributed by atoms with Gasteiger partial charge in [0.2, 0.25) is 5.91 Å². The van der Waals surface area contributed by atoms with Crippen LogP contribution in [0.15, 0.2) is 57.9 Å². The average molecular weight is 452 g/mol. The van der Waals surface area contributed by atoms with E-state index in [1.165, 1.54) is 10.7 Å². The molecule has 0 unspecified atom stereocenters. The van der Waals surface area contributed by atoms with Gasteiger partial charge in [0.25, 0.3) is 5.56 Å². The molecule has 0 spiro atoms. The first-order valence-corrected chi connectivity index (χ1v) is 11.0. The second-order valence-corrected chi connectivity index (χ2v) is 8.49. The lowest BCUT2D eigenvalue weighted by molar-refractivity contribution is -0.125. The van der Waals surface area contributed by atoms with Crippen LogP contribution < -0.4 is 20.5 Å². The summed E-state index contributed by atoms with van der Waals surface area (Å²) >= 11 is 1.60. The highest BCUT2D eigenvalue weighted by Crippen LogP contribution is 2.34. The number of carbonyl (C=O) groups excluding carboxylic acids is 1. The lowest BCUT2D eigenvalue weighted by atomic mass is 10.0. The summed E-state index contributed by atoms with van der Waals surface area (Å²) < 4.78 is 13.0. The van der Waals surface area contributed by atoms with Crippen LogP contribution in [0.1, 0.15) is 0 Å². The summed E-state index contributed by atoms with van der Waals surface area (Å²) in [5.74, 6) is 1.24. The minimum atomic E-state index is -0.225. The molecule has 164 valence electrons. The van der Waals surface area contributed by atoms with E-state index < -0.39 is 0 Å². The average Bonchev–Trinajstić information content (AvgIpc) is 3.43. The molecule has 1 amide bonds. The van der Waals surface area contributed by atoms with E-state index in [1.54, 1.807) is 42.9 Å². The van der Waals surface area contributed by atoms with E-state index in [0.717, 1.165) is 21.1 Å². The van der Waals surface area contributed by atoms with Crippen LogP contribution in [0.4, 0.5) is 5.13 Å². The van der Waals surface area contributed by atoms with Crippen LogP contribution >= 0.6 is 11.3 Å². The van der Waals surface area contributed by atoms with Crippen LogP contribution in [0.25, 0.3) is 21.7 Å². The largest absolute Gasteiger partial charge is 0.497 e. The van der Waals surface area contributed by atoms with Crippen molar-refractivity contribution >= 4 is 32.6 Å². The summed E-state index contributed by atoms with van der Waals surface area (Å²) in [6.07, 6.45) is 1.56. The summed E-state index contributed by atoms with van der Waals surface area (Å²) in [5.41, 5.74) is 1.24. The third-order valence-corrected chi connectivity index (χ3v) is 6.47. The van der Waals surface area contributed by atoms with Gasteiger partial charge in [0.1, 0.15) is 11.4 Å². The number of anilines is 1. The Labute approximate surface area is 187 Å². The topological polar surface area (TPSA) is 102 Å². The van der Waals surface area contributed by atoms with Gasteiger partial charge in [-0.1, -0.05) is 11.3 Å². The third-order valence-electron chi connectivity index (χ3n) is 5.37. The van der Waals surface area contributed by atoms with Gasteiger partial charge >= 0.3 is 0 Å². The molecule has 1 N–H and O–H groups in total. The van der Waals surface area contributed by atoms with Crippen molar-refractivity contribution in [3.8, 4) is 17.2 Å². The Morgan fingerprint density at radius 2 is 2.16 bits per heavy atom. The van der Waals surface area contributed by atoms with Crippen molar-refractivity contribution in [2.24, 2.45) is 5.92 Å². The van der Waals surface area contributed by atoms with Gasteiger partial charge in [-0.05, 0) is 30.3 Å². The summed E-state index contributed by atoms with van der Waals surface area (Å²) in [6.45, 7) is 1.85. The highest BCUT2D eigenvalue weighted by molar-refractivity contribution is 7.22. The first-order valence-electron chi connectivity index (χ1n) is 10.2. The number of rotatable bonds is 7. The number of benzene rings is 1. The molecule has 1 aromatic carbocycles. The molecular weight excluding hydrogens is 430 g/mol. The van der Waals surface area contributed by atoms with Crippen molar-refractivity contribution in [3.05, 3.63) is 59.1 Å². The second-order valence-electron chi connectivity index (χ2n) is 7.48. The zero-order valence-corrected chi connectivity index (χ0v) is 18.2. The van der Waals surface area contributed by atoms with Gasteiger partial charge < -0.3 is 19.4 Å². The molecule has 32 heavy (non-hydrogen) atoms. The molecule has 1 saturated heterocycles. The lowest BCUT2D eigenvalue weighted by Gasteiger charge is -2.37. The Hall–Kier alpha value is -3.66. The van der Waals surface area contributed by atoms with E-state index in [9.17, 15) is 9.59 Å². The highest BCUT2D eigenvalue weighted by atomic mass is 32.1. The molecule has 4 heterocycles. The van der Waals surface area contributed by atoms with E-state index in [2.05, 4.69) is 20.3 Å². The molecular formula is C22H21N5O4S. The van der Waals surface area contributed by atoms with Crippen LogP contribution in [0, 0.1) is 5.92 Å². The summed E-state index contributed by atoms with van der Waals surface area (Å²) in [7, 11) is 1.63. The van der Waals surface area contributed by atoms with Gasteiger partial charge in [0.05, 0.1) is 36.1 Å². The first-order chi connectivity index (χ1) is 15.6. The van der Waals surface area contributed by atoms with Crippen LogP contribution in [0.5, 0.6) is 5.75 Å². The maximum absolute atomic E-state index is 12.5. The fraction of sp³-hybridized carbons (Fsp3) is 0.273. The predicted octanol–water partition coefficient (Wildman–Crippen LogP) is 2.37. The van der Waals surface area contributed by atoms with E-state index in [0.29, 0.717) is 31.1 Å². The molecule has 1 aliphatic heterocycles. The fourth-order valence-electron chi connectivity index (χ4n) is 3.55. The number of nitrogens with zero attached hydrogens (tertiary/aromatic N) is 4. The van der Waals surface area contributed by atoms with Gasteiger partial charge in [-0.15, -0.1) is 0 Å². The Morgan fingerprint density at radius 1 is 1.28 bits per heavy atom. The molecule has 3 aromatic heterocycles. The predicted molar refractivity (Wildman–Crippen MR) is 121 cm³/mol. The molecule has 1 fully saturated rings. The second kappa shape index (κ2) is 8.46. The molecule has 0 radical (unpaired) electrons. The Kier molecular flexibility index (Phi) is 5.36. The molecule has 5 rings (SSSR count). The van der Waals surface area contributed by atoms with Crippen LogP contribution in [-0.4, -0.2) is 47.4 Å². The Balaban J connectivity index is 1.14. The molecule has 0 atom stereocenters. The number of carbonyl (C=O) groups is 1. The normalized spacial score (nSPS) is 13.8. The van der Waals surface area contributed by atoms with E-state index in [1.807, 2.05) is 18.2 Å².